The van der Waals surface area contributed by atoms with Crippen LogP contribution in [0.3, 0.4) is 0 Å². The Labute approximate surface area is 468 Å². The Hall–Kier alpha value is -5.64. The number of hydrogen-bond acceptors (Lipinski definition) is 12. The van der Waals surface area contributed by atoms with E-state index in [2.05, 4.69) is 41.9 Å². The number of carboxylic acids is 1. The van der Waals surface area contributed by atoms with Gasteiger partial charge in [-0.25, -0.2) is 9.78 Å². The molecule has 1 aromatic heterocycles. The van der Waals surface area contributed by atoms with Crippen molar-refractivity contribution in [3.05, 3.63) is 18.2 Å². The van der Waals surface area contributed by atoms with Gasteiger partial charge in [0.25, 0.3) is 0 Å². The fraction of sp³-hybridized carbons (Fsp3) is 0.789. The molecule has 446 valence electrons. The Balaban J connectivity index is 1.49. The van der Waals surface area contributed by atoms with Gasteiger partial charge in [0, 0.05) is 31.9 Å². The van der Waals surface area contributed by atoms with Crippen molar-refractivity contribution in [2.24, 2.45) is 41.1 Å². The molecule has 2 aliphatic carbocycles. The zero-order chi connectivity index (χ0) is 58.3. The number of rotatable bonds is 32. The van der Waals surface area contributed by atoms with E-state index < -0.39 is 119 Å². The van der Waals surface area contributed by atoms with E-state index in [1.54, 1.807) is 20.8 Å². The molecule has 1 aromatic rings. The van der Waals surface area contributed by atoms with Crippen molar-refractivity contribution in [2.45, 2.75) is 238 Å². The number of aromatic amines is 1. The number of hydrogen-bond donors (Lipinski definition) is 10. The minimum absolute atomic E-state index is 0.0261. The summed E-state index contributed by atoms with van der Waals surface area (Å²) in [5.41, 5.74) is 12.7. The highest BCUT2D eigenvalue weighted by Crippen LogP contribution is 2.30. The number of amides is 8. The summed E-state index contributed by atoms with van der Waals surface area (Å²) in [4.78, 5) is 135. The molecule has 79 heavy (non-hydrogen) atoms. The van der Waals surface area contributed by atoms with E-state index in [0.29, 0.717) is 81.9 Å². The Bertz CT molecular complexity index is 2130. The summed E-state index contributed by atoms with van der Waals surface area (Å²) >= 11 is 0. The number of carbonyl (C=O) groups excluding carboxylic acids is 8. The van der Waals surface area contributed by atoms with Crippen molar-refractivity contribution in [3.8, 4) is 0 Å². The van der Waals surface area contributed by atoms with Crippen LogP contribution in [-0.2, 0) is 49.6 Å². The molecule has 3 aliphatic rings. The quantitative estimate of drug-likeness (QED) is 0.0464. The first-order chi connectivity index (χ1) is 37.6. The standard InChI is InChI=1S/C57H98N12O10/c1-9-36(6)48(56(77)68(8)45(26-25-38-19-12-10-13-20-38)53(74)66-47(35(4)5)57(78)79)67-49(70)37(7)62-51(72)42(23-16-17-27-58)63-52(73)43(31-40-32-60-33-61-40)64-54(75)46-24-18-28-69(46)55(76)44(29-34(2)3)65-50(71)41(59)30-39-21-14-11-15-22-39/h32-39,41-48H,9-31,58-59H2,1-8H3,(H,60,61)(H,62,72)(H,63,73)(H,64,75)(H,65,71)(H,66,74)(H,67,70)(H,78,79). The van der Waals surface area contributed by atoms with Crippen LogP contribution in [0.15, 0.2) is 12.5 Å². The van der Waals surface area contributed by atoms with Gasteiger partial charge in [0.2, 0.25) is 47.3 Å². The Morgan fingerprint density at radius 2 is 1.34 bits per heavy atom. The lowest BCUT2D eigenvalue weighted by molar-refractivity contribution is -0.147. The molecule has 1 aliphatic heterocycles. The number of unbranched alkanes of at least 4 members (excludes halogenated alkanes) is 1. The predicted molar refractivity (Wildman–Crippen MR) is 300 cm³/mol. The summed E-state index contributed by atoms with van der Waals surface area (Å²) in [6, 6.07) is -9.65. The molecule has 0 spiro atoms. The third kappa shape index (κ3) is 20.8. The lowest BCUT2D eigenvalue weighted by Crippen LogP contribution is -2.61. The smallest absolute Gasteiger partial charge is 0.326 e. The number of nitrogens with two attached hydrogens (primary N) is 2. The third-order valence-electron chi connectivity index (χ3n) is 16.5. The predicted octanol–water partition coefficient (Wildman–Crippen LogP) is 3.32. The summed E-state index contributed by atoms with van der Waals surface area (Å²) in [6.07, 6.45) is 17.8. The summed E-state index contributed by atoms with van der Waals surface area (Å²) in [5, 5.41) is 26.7. The summed E-state index contributed by atoms with van der Waals surface area (Å²) in [7, 11) is 1.49. The third-order valence-corrected chi connectivity index (χ3v) is 16.5. The molecule has 10 atom stereocenters. The number of H-pyrrole nitrogens is 1. The van der Waals surface area contributed by atoms with Gasteiger partial charge in [-0.3, -0.25) is 38.4 Å². The van der Waals surface area contributed by atoms with Gasteiger partial charge >= 0.3 is 5.97 Å². The van der Waals surface area contributed by atoms with E-state index in [-0.39, 0.29) is 25.3 Å². The zero-order valence-electron chi connectivity index (χ0n) is 48.6. The molecule has 4 rings (SSSR count). The molecule has 0 aromatic carbocycles. The van der Waals surface area contributed by atoms with Gasteiger partial charge in [-0.15, -0.1) is 0 Å². The lowest BCUT2D eigenvalue weighted by Gasteiger charge is -2.35. The molecular formula is C57H98N12O10. The lowest BCUT2D eigenvalue weighted by atomic mass is 9.85. The van der Waals surface area contributed by atoms with Gasteiger partial charge in [0.1, 0.15) is 48.3 Å². The molecular weight excluding hydrogens is 1010 g/mol. The number of aliphatic carboxylic acids is 1. The molecule has 2 heterocycles. The van der Waals surface area contributed by atoms with Gasteiger partial charge < -0.3 is 63.3 Å². The molecule has 8 amide bonds. The zero-order valence-corrected chi connectivity index (χ0v) is 48.6. The maximum absolute atomic E-state index is 14.5. The molecule has 0 radical (unpaired) electrons. The van der Waals surface area contributed by atoms with Crippen LogP contribution in [0.25, 0.3) is 0 Å². The average Bonchev–Trinajstić information content (AvgIpc) is 4.22. The van der Waals surface area contributed by atoms with E-state index in [1.807, 2.05) is 20.8 Å². The molecule has 22 nitrogen and oxygen atoms in total. The number of imidazole rings is 1. The van der Waals surface area contributed by atoms with E-state index in [1.165, 1.54) is 42.7 Å². The topological polar surface area (TPSA) is 333 Å². The number of nitrogens with zero attached hydrogens (tertiary/aromatic N) is 3. The molecule has 12 N–H and O–H groups in total. The number of nitrogens with one attached hydrogen (secondary N) is 7. The highest BCUT2D eigenvalue weighted by molar-refractivity contribution is 5.98. The summed E-state index contributed by atoms with van der Waals surface area (Å²) in [6.45, 7) is 12.9. The molecule has 1 saturated heterocycles. The van der Waals surface area contributed by atoms with Crippen molar-refractivity contribution in [1.82, 2.24) is 51.7 Å². The number of likely N-dealkylation sites (N-methyl/N-ethyl adjacent to an activating group) is 1. The first-order valence-electron chi connectivity index (χ1n) is 29.6. The summed E-state index contributed by atoms with van der Waals surface area (Å²) < 4.78 is 0. The van der Waals surface area contributed by atoms with Crippen molar-refractivity contribution in [3.63, 3.8) is 0 Å². The Morgan fingerprint density at radius 1 is 0.722 bits per heavy atom. The first-order valence-corrected chi connectivity index (χ1v) is 29.6. The van der Waals surface area contributed by atoms with E-state index in [4.69, 9.17) is 11.5 Å². The number of likely N-dealkylation sites (tertiary alicyclic amines) is 1. The van der Waals surface area contributed by atoms with E-state index >= 15 is 0 Å². The van der Waals surface area contributed by atoms with Crippen molar-refractivity contribution in [1.29, 1.82) is 0 Å². The highest BCUT2D eigenvalue weighted by Gasteiger charge is 2.41. The molecule has 2 saturated carbocycles. The van der Waals surface area contributed by atoms with Crippen molar-refractivity contribution in [2.75, 3.05) is 20.1 Å². The Morgan fingerprint density at radius 3 is 1.92 bits per heavy atom. The highest BCUT2D eigenvalue weighted by atomic mass is 16.4. The van der Waals surface area contributed by atoms with Gasteiger partial charge in [-0.05, 0) is 101 Å². The largest absolute Gasteiger partial charge is 0.480 e. The van der Waals surface area contributed by atoms with Crippen LogP contribution in [0, 0.1) is 29.6 Å². The fourth-order valence-electron chi connectivity index (χ4n) is 11.3. The van der Waals surface area contributed by atoms with Gasteiger partial charge in [0.05, 0.1) is 12.4 Å². The van der Waals surface area contributed by atoms with Crippen LogP contribution in [0.1, 0.15) is 183 Å². The number of carbonyl (C=O) groups is 9. The minimum atomic E-state index is -1.26. The van der Waals surface area contributed by atoms with Crippen molar-refractivity contribution >= 4 is 53.2 Å². The van der Waals surface area contributed by atoms with Crippen LogP contribution in [0.5, 0.6) is 0 Å². The van der Waals surface area contributed by atoms with Crippen molar-refractivity contribution < 1.29 is 48.3 Å². The fourth-order valence-corrected chi connectivity index (χ4v) is 11.3. The maximum atomic E-state index is 14.5. The second-order valence-corrected chi connectivity index (χ2v) is 23.6. The van der Waals surface area contributed by atoms with Gasteiger partial charge in [-0.1, -0.05) is 112 Å². The molecule has 22 heteroatoms. The first kappa shape index (κ1) is 65.9. The molecule has 10 unspecified atom stereocenters. The van der Waals surface area contributed by atoms with Gasteiger partial charge in [0.15, 0.2) is 0 Å². The minimum Gasteiger partial charge on any atom is -0.480 e. The second kappa shape index (κ2) is 33.2. The van der Waals surface area contributed by atoms with Crippen LogP contribution < -0.4 is 43.4 Å². The van der Waals surface area contributed by atoms with Crippen LogP contribution in [0.4, 0.5) is 0 Å². The van der Waals surface area contributed by atoms with E-state index in [9.17, 15) is 48.3 Å². The van der Waals surface area contributed by atoms with Crippen LogP contribution >= 0.6 is 0 Å². The summed E-state index contributed by atoms with van der Waals surface area (Å²) in [5.74, 6) is -5.93. The van der Waals surface area contributed by atoms with Crippen LogP contribution in [0.2, 0.25) is 0 Å². The molecule has 0 bridgehead atoms. The van der Waals surface area contributed by atoms with E-state index in [0.717, 1.165) is 57.8 Å². The average molecular weight is 1110 g/mol. The number of aromatic nitrogens is 2. The normalized spacial score (nSPS) is 19.6. The number of carboxylic acid groups (broad SMARTS) is 1. The monoisotopic (exact) mass is 1110 g/mol. The maximum Gasteiger partial charge on any atom is 0.326 e. The second-order valence-electron chi connectivity index (χ2n) is 23.6. The van der Waals surface area contributed by atoms with Gasteiger partial charge in [-0.2, -0.15) is 0 Å². The Kier molecular flexibility index (Phi) is 27.7. The van der Waals surface area contributed by atoms with Crippen LogP contribution in [-0.4, -0.2) is 153 Å². The SMILES string of the molecule is CCC(C)C(NC(=O)C(C)NC(=O)C(CCCCN)NC(=O)C(Cc1cnc[nH]1)NC(=O)C1CCCN1C(=O)C(CC(C)C)NC(=O)C(N)CC1CCCCC1)C(=O)N(C)C(CCC1CCCCC1)C(=O)NC(C(=O)O)C(C)C. The molecule has 3 fully saturated rings.